The van der Waals surface area contributed by atoms with Crippen LogP contribution in [0.15, 0.2) is 36.5 Å². The number of hydrogen-bond donors (Lipinski definition) is 0. The van der Waals surface area contributed by atoms with Crippen molar-refractivity contribution in [3.8, 4) is 0 Å². The van der Waals surface area contributed by atoms with E-state index in [4.69, 9.17) is 27.9 Å². The monoisotopic (exact) mass is 379 g/mol. The van der Waals surface area contributed by atoms with E-state index in [0.29, 0.717) is 5.56 Å². The molecule has 0 radical (unpaired) electrons. The number of hydrogen-bond acceptors (Lipinski definition) is 4. The molecule has 0 unspecified atom stereocenters. The molecule has 10 heteroatoms. The van der Waals surface area contributed by atoms with Crippen LogP contribution in [0.3, 0.4) is 0 Å². The minimum Gasteiger partial charge on any atom is -0.444 e. The summed E-state index contributed by atoms with van der Waals surface area (Å²) in [5.41, 5.74) is 0.615. The highest BCUT2D eigenvalue weighted by atomic mass is 35.5. The summed E-state index contributed by atoms with van der Waals surface area (Å²) in [4.78, 5) is 19.5. The molecule has 0 N–H and O–H groups in total. The van der Waals surface area contributed by atoms with Gasteiger partial charge >= 0.3 is 12.3 Å². The molecule has 24 heavy (non-hydrogen) atoms. The quantitative estimate of drug-likeness (QED) is 0.734. The van der Waals surface area contributed by atoms with Crippen molar-refractivity contribution in [3.05, 3.63) is 52.4 Å². The van der Waals surface area contributed by atoms with E-state index in [1.54, 1.807) is 30.3 Å². The topological polar surface area (TPSA) is 55.3 Å². The van der Waals surface area contributed by atoms with Crippen LogP contribution in [0.1, 0.15) is 5.56 Å². The third kappa shape index (κ3) is 5.24. The minimum absolute atomic E-state index is 0.204. The lowest BCUT2D eigenvalue weighted by Gasteiger charge is -2.23. The Morgan fingerprint density at radius 2 is 1.88 bits per heavy atom. The van der Waals surface area contributed by atoms with Crippen molar-refractivity contribution in [2.24, 2.45) is 0 Å². The molecule has 128 valence electrons. The summed E-state index contributed by atoms with van der Waals surface area (Å²) in [6.07, 6.45) is -4.94. The maximum Gasteiger partial charge on any atom is 0.416 e. The summed E-state index contributed by atoms with van der Waals surface area (Å²) >= 11 is 11.3. The number of anilines is 1. The van der Waals surface area contributed by atoms with Crippen molar-refractivity contribution in [2.45, 2.75) is 12.8 Å². The number of rotatable bonds is 4. The fourth-order valence-electron chi connectivity index (χ4n) is 1.73. The summed E-state index contributed by atoms with van der Waals surface area (Å²) in [6.45, 7) is -1.84. The molecule has 2 rings (SSSR count). The van der Waals surface area contributed by atoms with Crippen LogP contribution in [0.4, 0.5) is 23.8 Å². The Morgan fingerprint density at radius 1 is 1.21 bits per heavy atom. The molecule has 1 aromatic carbocycles. The van der Waals surface area contributed by atoms with Crippen molar-refractivity contribution in [1.82, 2.24) is 9.97 Å². The highest BCUT2D eigenvalue weighted by molar-refractivity contribution is 6.34. The average Bonchev–Trinajstić information content (AvgIpc) is 2.53. The number of aromatic nitrogens is 2. The van der Waals surface area contributed by atoms with Gasteiger partial charge < -0.3 is 4.74 Å². The third-order valence-corrected chi connectivity index (χ3v) is 3.16. The zero-order valence-electron chi connectivity index (χ0n) is 11.9. The van der Waals surface area contributed by atoms with Crippen LogP contribution in [-0.2, 0) is 11.3 Å². The van der Waals surface area contributed by atoms with Gasteiger partial charge in [-0.1, -0.05) is 41.9 Å². The average molecular weight is 380 g/mol. The molecule has 0 spiro atoms. The molecule has 0 aliphatic rings. The van der Waals surface area contributed by atoms with Gasteiger partial charge in [0.15, 0.2) is 5.82 Å². The standard InChI is InChI=1S/C14H10Cl2F3N3O2/c15-10-6-20-12(16)21-11(10)22(8-14(17,18)19)13(23)24-7-9-4-2-1-3-5-9/h1-6H,7-8H2. The zero-order chi connectivity index (χ0) is 17.7. The lowest BCUT2D eigenvalue weighted by atomic mass is 10.2. The van der Waals surface area contributed by atoms with Gasteiger partial charge in [0.25, 0.3) is 0 Å². The lowest BCUT2D eigenvalue weighted by Crippen LogP contribution is -2.40. The van der Waals surface area contributed by atoms with E-state index < -0.39 is 24.6 Å². The maximum absolute atomic E-state index is 12.8. The van der Waals surface area contributed by atoms with Crippen LogP contribution in [0.25, 0.3) is 0 Å². The Kier molecular flexibility index (Phi) is 5.84. The Morgan fingerprint density at radius 3 is 2.50 bits per heavy atom. The van der Waals surface area contributed by atoms with E-state index in [1.165, 1.54) is 0 Å². The first-order valence-electron chi connectivity index (χ1n) is 6.49. The van der Waals surface area contributed by atoms with Crippen molar-refractivity contribution >= 4 is 35.1 Å². The largest absolute Gasteiger partial charge is 0.444 e. The van der Waals surface area contributed by atoms with E-state index in [2.05, 4.69) is 9.97 Å². The number of alkyl halides is 3. The van der Waals surface area contributed by atoms with Gasteiger partial charge in [-0.3, -0.25) is 4.90 Å². The zero-order valence-corrected chi connectivity index (χ0v) is 13.4. The molecule has 2 aromatic rings. The van der Waals surface area contributed by atoms with Crippen molar-refractivity contribution in [2.75, 3.05) is 11.4 Å². The normalized spacial score (nSPS) is 11.2. The van der Waals surface area contributed by atoms with E-state index in [1.807, 2.05) is 0 Å². The molecule has 0 fully saturated rings. The summed E-state index contributed by atoms with van der Waals surface area (Å²) in [5, 5.41) is -0.613. The number of amides is 1. The van der Waals surface area contributed by atoms with Gasteiger partial charge in [-0.05, 0) is 17.2 Å². The van der Waals surface area contributed by atoms with Crippen LogP contribution in [0, 0.1) is 0 Å². The van der Waals surface area contributed by atoms with Crippen LogP contribution in [-0.4, -0.2) is 28.8 Å². The summed E-state index contributed by atoms with van der Waals surface area (Å²) in [7, 11) is 0. The van der Waals surface area contributed by atoms with Gasteiger partial charge in [-0.15, -0.1) is 0 Å². The molecular formula is C14H10Cl2F3N3O2. The molecule has 1 aromatic heterocycles. The number of carbonyl (C=O) groups excluding carboxylic acids is 1. The Bertz CT molecular complexity index is 714. The third-order valence-electron chi connectivity index (χ3n) is 2.71. The van der Waals surface area contributed by atoms with E-state index in [-0.39, 0.29) is 21.8 Å². The van der Waals surface area contributed by atoms with Crippen LogP contribution in [0.2, 0.25) is 10.3 Å². The number of halogens is 5. The Hall–Kier alpha value is -2.06. The van der Waals surface area contributed by atoms with Gasteiger partial charge in [-0.25, -0.2) is 9.78 Å². The molecule has 0 aliphatic carbocycles. The second-order valence-electron chi connectivity index (χ2n) is 4.55. The Balaban J connectivity index is 2.22. The highest BCUT2D eigenvalue weighted by Gasteiger charge is 2.36. The number of benzene rings is 1. The second-order valence-corrected chi connectivity index (χ2v) is 5.30. The first-order valence-corrected chi connectivity index (χ1v) is 7.25. The molecule has 1 heterocycles. The van der Waals surface area contributed by atoms with Gasteiger partial charge in [0, 0.05) is 0 Å². The number of nitrogens with zero attached hydrogens (tertiary/aromatic N) is 3. The number of carbonyl (C=O) groups is 1. The van der Waals surface area contributed by atoms with Crippen LogP contribution < -0.4 is 4.90 Å². The molecule has 0 saturated heterocycles. The van der Waals surface area contributed by atoms with Crippen LogP contribution >= 0.6 is 23.2 Å². The molecule has 5 nitrogen and oxygen atoms in total. The predicted molar refractivity (Wildman–Crippen MR) is 82.1 cm³/mol. The summed E-state index contributed by atoms with van der Waals surface area (Å²) in [5.74, 6) is -0.480. The molecule has 1 amide bonds. The lowest BCUT2D eigenvalue weighted by molar-refractivity contribution is -0.119. The molecule has 0 saturated carbocycles. The fourth-order valence-corrected chi connectivity index (χ4v) is 2.05. The Labute approximate surface area is 145 Å². The second kappa shape index (κ2) is 7.67. The van der Waals surface area contributed by atoms with Crippen molar-refractivity contribution in [1.29, 1.82) is 0 Å². The first kappa shape index (κ1) is 18.3. The van der Waals surface area contributed by atoms with Gasteiger partial charge in [-0.2, -0.15) is 18.2 Å². The van der Waals surface area contributed by atoms with Crippen molar-refractivity contribution in [3.63, 3.8) is 0 Å². The number of ether oxygens (including phenoxy) is 1. The van der Waals surface area contributed by atoms with E-state index in [9.17, 15) is 18.0 Å². The van der Waals surface area contributed by atoms with E-state index >= 15 is 0 Å². The fraction of sp³-hybridized carbons (Fsp3) is 0.214. The van der Waals surface area contributed by atoms with Crippen molar-refractivity contribution < 1.29 is 22.7 Å². The van der Waals surface area contributed by atoms with Crippen LogP contribution in [0.5, 0.6) is 0 Å². The molecule has 0 bridgehead atoms. The highest BCUT2D eigenvalue weighted by Crippen LogP contribution is 2.28. The maximum atomic E-state index is 12.8. The van der Waals surface area contributed by atoms with E-state index in [0.717, 1.165) is 6.20 Å². The first-order chi connectivity index (χ1) is 11.3. The molecular weight excluding hydrogens is 370 g/mol. The predicted octanol–water partition coefficient (Wildman–Crippen LogP) is 4.49. The minimum atomic E-state index is -4.69. The van der Waals surface area contributed by atoms with Gasteiger partial charge in [0.1, 0.15) is 18.2 Å². The molecule has 0 atom stereocenters. The summed E-state index contributed by atoms with van der Waals surface area (Å²) in [6, 6.07) is 8.49. The van der Waals surface area contributed by atoms with Gasteiger partial charge in [0.2, 0.25) is 5.28 Å². The van der Waals surface area contributed by atoms with Gasteiger partial charge in [0.05, 0.1) is 6.20 Å². The smallest absolute Gasteiger partial charge is 0.416 e. The SMILES string of the molecule is O=C(OCc1ccccc1)N(CC(F)(F)F)c1nc(Cl)ncc1Cl. The summed E-state index contributed by atoms with van der Waals surface area (Å²) < 4.78 is 43.2. The molecule has 0 aliphatic heterocycles.